The maximum atomic E-state index is 12.9. The van der Waals surface area contributed by atoms with Crippen molar-refractivity contribution in [2.45, 2.75) is 13.1 Å². The Morgan fingerprint density at radius 2 is 1.71 bits per heavy atom. The van der Waals surface area contributed by atoms with Gasteiger partial charge in [0.1, 0.15) is 0 Å². The van der Waals surface area contributed by atoms with Gasteiger partial charge in [-0.15, -0.1) is 0 Å². The molecule has 1 amide bonds. The first-order valence-electron chi connectivity index (χ1n) is 9.51. The molecule has 31 heavy (non-hydrogen) atoms. The Labute approximate surface area is 176 Å². The number of aromatic amines is 1. The molecule has 4 rings (SSSR count). The first kappa shape index (κ1) is 20.4. The number of H-pyrrole nitrogens is 1. The number of nitrogens with one attached hydrogen (secondary N) is 2. The number of aromatic nitrogens is 2. The first-order valence-corrected chi connectivity index (χ1v) is 9.51. The van der Waals surface area contributed by atoms with Gasteiger partial charge in [-0.25, -0.2) is 0 Å². The summed E-state index contributed by atoms with van der Waals surface area (Å²) in [4.78, 5) is 12.5. The van der Waals surface area contributed by atoms with Crippen LogP contribution in [0.25, 0.3) is 22.4 Å². The second-order valence-electron chi connectivity index (χ2n) is 7.11. The Kier molecular flexibility index (Phi) is 5.33. The van der Waals surface area contributed by atoms with Crippen LogP contribution in [0.2, 0.25) is 0 Å². The summed E-state index contributed by atoms with van der Waals surface area (Å²) in [6.45, 7) is 1.95. The Morgan fingerprint density at radius 3 is 2.45 bits per heavy atom. The number of amides is 1. The van der Waals surface area contributed by atoms with Gasteiger partial charge in [0.25, 0.3) is 5.91 Å². The maximum Gasteiger partial charge on any atom is 0.416 e. The van der Waals surface area contributed by atoms with E-state index in [0.717, 1.165) is 40.1 Å². The lowest BCUT2D eigenvalue weighted by atomic mass is 9.97. The molecule has 3 aromatic carbocycles. The third-order valence-electron chi connectivity index (χ3n) is 4.93. The summed E-state index contributed by atoms with van der Waals surface area (Å²) in [5.74, 6) is -0.605. The molecule has 2 N–H and O–H groups in total. The lowest BCUT2D eigenvalue weighted by molar-refractivity contribution is -0.137. The maximum absolute atomic E-state index is 12.9. The summed E-state index contributed by atoms with van der Waals surface area (Å²) >= 11 is 0. The van der Waals surface area contributed by atoms with E-state index >= 15 is 0 Å². The van der Waals surface area contributed by atoms with Crippen molar-refractivity contribution in [3.05, 3.63) is 95.7 Å². The van der Waals surface area contributed by atoms with Crippen LogP contribution in [-0.4, -0.2) is 16.1 Å². The van der Waals surface area contributed by atoms with Crippen LogP contribution in [0.5, 0.6) is 0 Å². The number of alkyl halides is 3. The van der Waals surface area contributed by atoms with E-state index in [-0.39, 0.29) is 5.56 Å². The highest BCUT2D eigenvalue weighted by Crippen LogP contribution is 2.31. The predicted molar refractivity (Wildman–Crippen MR) is 114 cm³/mol. The number of hydrogen-bond acceptors (Lipinski definition) is 2. The average molecular weight is 421 g/mol. The van der Waals surface area contributed by atoms with Crippen molar-refractivity contribution in [3.8, 4) is 22.4 Å². The van der Waals surface area contributed by atoms with Crippen LogP contribution >= 0.6 is 0 Å². The van der Waals surface area contributed by atoms with E-state index in [1.165, 1.54) is 12.1 Å². The third kappa shape index (κ3) is 4.50. The van der Waals surface area contributed by atoms with Gasteiger partial charge in [-0.2, -0.15) is 18.3 Å². The summed E-state index contributed by atoms with van der Waals surface area (Å²) in [5.41, 5.74) is 4.27. The molecule has 0 aliphatic rings. The monoisotopic (exact) mass is 421 g/mol. The number of halogens is 3. The van der Waals surface area contributed by atoms with Gasteiger partial charge in [-0.3, -0.25) is 9.89 Å². The Bertz CT molecular complexity index is 1230. The summed E-state index contributed by atoms with van der Waals surface area (Å²) in [6.07, 6.45) is -2.83. The lowest BCUT2D eigenvalue weighted by Gasteiger charge is -2.12. The van der Waals surface area contributed by atoms with Crippen molar-refractivity contribution in [1.82, 2.24) is 10.2 Å². The minimum absolute atomic E-state index is 0.0572. The molecule has 0 aliphatic heterocycles. The summed E-state index contributed by atoms with van der Waals surface area (Å²) in [6, 6.07) is 19.5. The number of carbonyl (C=O) groups is 1. The zero-order chi connectivity index (χ0) is 22.0. The minimum atomic E-state index is -4.51. The van der Waals surface area contributed by atoms with E-state index in [9.17, 15) is 18.0 Å². The Hall–Kier alpha value is -3.87. The molecule has 0 saturated carbocycles. The fourth-order valence-electron chi connectivity index (χ4n) is 3.32. The number of aryl methyl sites for hydroxylation is 1. The standard InChI is InChI=1S/C24H18F3N3O/c1-15-8-9-20(29-23(31)18-6-3-7-19(13-18)24(25,26)27)14-21(15)16-4-2-5-17(12-16)22-10-11-28-30-22/h2-14H,1H3,(H,28,30)(H,29,31). The summed E-state index contributed by atoms with van der Waals surface area (Å²) < 4.78 is 38.8. The van der Waals surface area contributed by atoms with Gasteiger partial charge in [0, 0.05) is 23.0 Å². The molecule has 4 nitrogen and oxygen atoms in total. The van der Waals surface area contributed by atoms with Crippen molar-refractivity contribution in [3.63, 3.8) is 0 Å². The van der Waals surface area contributed by atoms with Crippen LogP contribution in [0, 0.1) is 6.92 Å². The molecule has 0 atom stereocenters. The SMILES string of the molecule is Cc1ccc(NC(=O)c2cccc(C(F)(F)F)c2)cc1-c1cccc(-c2ccn[nH]2)c1. The van der Waals surface area contributed by atoms with Gasteiger partial charge in [0.05, 0.1) is 11.3 Å². The topological polar surface area (TPSA) is 57.8 Å². The molecule has 1 aromatic heterocycles. The van der Waals surface area contributed by atoms with Gasteiger partial charge < -0.3 is 5.32 Å². The van der Waals surface area contributed by atoms with Crippen molar-refractivity contribution in [2.24, 2.45) is 0 Å². The number of nitrogens with zero attached hydrogens (tertiary/aromatic N) is 1. The van der Waals surface area contributed by atoms with Gasteiger partial charge in [0.15, 0.2) is 0 Å². The van der Waals surface area contributed by atoms with Crippen LogP contribution in [0.1, 0.15) is 21.5 Å². The first-order chi connectivity index (χ1) is 14.8. The molecule has 1 heterocycles. The molecule has 156 valence electrons. The van der Waals surface area contributed by atoms with E-state index in [0.29, 0.717) is 5.69 Å². The summed E-state index contributed by atoms with van der Waals surface area (Å²) in [5, 5.41) is 9.60. The van der Waals surface area contributed by atoms with Crippen LogP contribution in [-0.2, 0) is 6.18 Å². The van der Waals surface area contributed by atoms with Crippen molar-refractivity contribution >= 4 is 11.6 Å². The molecule has 7 heteroatoms. The van der Waals surface area contributed by atoms with E-state index in [4.69, 9.17) is 0 Å². The van der Waals surface area contributed by atoms with E-state index in [1.54, 1.807) is 12.3 Å². The normalized spacial score (nSPS) is 11.4. The van der Waals surface area contributed by atoms with Crippen molar-refractivity contribution < 1.29 is 18.0 Å². The molecular formula is C24H18F3N3O. The van der Waals surface area contributed by atoms with Gasteiger partial charge in [-0.1, -0.05) is 30.3 Å². The van der Waals surface area contributed by atoms with Crippen LogP contribution < -0.4 is 5.32 Å². The molecule has 0 saturated heterocycles. The molecule has 0 bridgehead atoms. The van der Waals surface area contributed by atoms with Gasteiger partial charge in [0.2, 0.25) is 0 Å². The lowest BCUT2D eigenvalue weighted by Crippen LogP contribution is -2.14. The van der Waals surface area contributed by atoms with Crippen molar-refractivity contribution in [1.29, 1.82) is 0 Å². The molecule has 0 radical (unpaired) electrons. The largest absolute Gasteiger partial charge is 0.416 e. The van der Waals surface area contributed by atoms with Crippen LogP contribution in [0.3, 0.4) is 0 Å². The predicted octanol–water partition coefficient (Wildman–Crippen LogP) is 6.32. The highest BCUT2D eigenvalue weighted by molar-refractivity contribution is 6.04. The highest BCUT2D eigenvalue weighted by Gasteiger charge is 2.30. The summed E-state index contributed by atoms with van der Waals surface area (Å²) in [7, 11) is 0. The average Bonchev–Trinajstić information content (AvgIpc) is 3.30. The fourth-order valence-corrected chi connectivity index (χ4v) is 3.32. The molecule has 0 spiro atoms. The molecule has 0 aliphatic carbocycles. The Morgan fingerprint density at radius 1 is 0.935 bits per heavy atom. The fraction of sp³-hybridized carbons (Fsp3) is 0.0833. The number of hydrogen-bond donors (Lipinski definition) is 2. The molecule has 0 unspecified atom stereocenters. The number of anilines is 1. The van der Waals surface area contributed by atoms with E-state index in [2.05, 4.69) is 15.5 Å². The second kappa shape index (κ2) is 8.10. The van der Waals surface area contributed by atoms with Gasteiger partial charge in [-0.05, 0) is 66.1 Å². The number of carbonyl (C=O) groups excluding carboxylic acids is 1. The zero-order valence-corrected chi connectivity index (χ0v) is 16.5. The quantitative estimate of drug-likeness (QED) is 0.405. The third-order valence-corrected chi connectivity index (χ3v) is 4.93. The molecular weight excluding hydrogens is 403 g/mol. The van der Waals surface area contributed by atoms with Crippen molar-refractivity contribution in [2.75, 3.05) is 5.32 Å². The minimum Gasteiger partial charge on any atom is -0.322 e. The second-order valence-corrected chi connectivity index (χ2v) is 7.11. The van der Waals surface area contributed by atoms with E-state index in [1.807, 2.05) is 49.4 Å². The number of benzene rings is 3. The molecule has 4 aromatic rings. The van der Waals surface area contributed by atoms with E-state index < -0.39 is 17.6 Å². The smallest absolute Gasteiger partial charge is 0.322 e. The highest BCUT2D eigenvalue weighted by atomic mass is 19.4. The molecule has 0 fully saturated rings. The zero-order valence-electron chi connectivity index (χ0n) is 16.5. The van der Waals surface area contributed by atoms with Crippen LogP contribution in [0.15, 0.2) is 79.0 Å². The Balaban J connectivity index is 1.62. The van der Waals surface area contributed by atoms with Gasteiger partial charge >= 0.3 is 6.18 Å². The van der Waals surface area contributed by atoms with Crippen LogP contribution in [0.4, 0.5) is 18.9 Å². The number of rotatable bonds is 4.